The van der Waals surface area contributed by atoms with Gasteiger partial charge in [-0.3, -0.25) is 4.90 Å². The Bertz CT molecular complexity index is 679. The quantitative estimate of drug-likeness (QED) is 0.630. The van der Waals surface area contributed by atoms with E-state index in [0.29, 0.717) is 25.3 Å². The Kier molecular flexibility index (Phi) is 6.84. The van der Waals surface area contributed by atoms with Crippen molar-refractivity contribution in [3.8, 4) is 0 Å². The lowest BCUT2D eigenvalue weighted by Crippen LogP contribution is -2.28. The number of aromatic nitrogens is 1. The van der Waals surface area contributed by atoms with E-state index in [1.54, 1.807) is 13.2 Å². The van der Waals surface area contributed by atoms with Crippen LogP contribution in [0.4, 0.5) is 13.2 Å². The fraction of sp³-hybridized carbons (Fsp3) is 0.368. The normalized spacial score (nSPS) is 11.9. The Morgan fingerprint density at radius 1 is 1.24 bits per heavy atom. The van der Waals surface area contributed by atoms with Crippen molar-refractivity contribution in [3.63, 3.8) is 0 Å². The van der Waals surface area contributed by atoms with Gasteiger partial charge in [0.05, 0.1) is 12.2 Å². The van der Waals surface area contributed by atoms with Gasteiger partial charge in [0.25, 0.3) is 0 Å². The van der Waals surface area contributed by atoms with Crippen LogP contribution in [0.1, 0.15) is 16.8 Å². The van der Waals surface area contributed by atoms with Crippen molar-refractivity contribution in [2.24, 2.45) is 0 Å². The van der Waals surface area contributed by atoms with E-state index in [1.165, 1.54) is 12.1 Å². The van der Waals surface area contributed by atoms with Crippen LogP contribution in [-0.4, -0.2) is 36.3 Å². The molecule has 0 saturated carbocycles. The summed E-state index contributed by atoms with van der Waals surface area (Å²) in [7, 11) is 1.66. The molecule has 6 heteroatoms. The first-order valence-corrected chi connectivity index (χ1v) is 8.06. The summed E-state index contributed by atoms with van der Waals surface area (Å²) in [5.74, 6) is 0. The fourth-order valence-electron chi connectivity index (χ4n) is 2.66. The van der Waals surface area contributed by atoms with Crippen LogP contribution in [0.2, 0.25) is 0 Å². The van der Waals surface area contributed by atoms with Gasteiger partial charge >= 0.3 is 6.18 Å². The SMILES string of the molecule is C=CCN(CCOC)Cc1cccn1Cc1cccc(C(F)(F)F)c1. The predicted molar refractivity (Wildman–Crippen MR) is 92.3 cm³/mol. The summed E-state index contributed by atoms with van der Waals surface area (Å²) < 4.78 is 45.7. The number of hydrogen-bond acceptors (Lipinski definition) is 2. The molecule has 0 aliphatic heterocycles. The second kappa shape index (κ2) is 8.87. The first-order valence-electron chi connectivity index (χ1n) is 8.06. The lowest BCUT2D eigenvalue weighted by molar-refractivity contribution is -0.137. The Labute approximate surface area is 146 Å². The van der Waals surface area contributed by atoms with Gasteiger partial charge in [-0.15, -0.1) is 6.58 Å². The molecule has 0 aliphatic rings. The largest absolute Gasteiger partial charge is 0.416 e. The molecule has 0 bridgehead atoms. The summed E-state index contributed by atoms with van der Waals surface area (Å²) in [5, 5.41) is 0. The zero-order valence-electron chi connectivity index (χ0n) is 14.3. The van der Waals surface area contributed by atoms with Gasteiger partial charge in [-0.1, -0.05) is 18.2 Å². The van der Waals surface area contributed by atoms with Crippen LogP contribution in [0, 0.1) is 0 Å². The summed E-state index contributed by atoms with van der Waals surface area (Å²) in [6.07, 6.45) is -0.607. The number of halogens is 3. The number of benzene rings is 1. The topological polar surface area (TPSA) is 17.4 Å². The average molecular weight is 352 g/mol. The minimum absolute atomic E-state index is 0.401. The summed E-state index contributed by atoms with van der Waals surface area (Å²) in [5.41, 5.74) is 1.04. The van der Waals surface area contributed by atoms with Crippen LogP contribution in [0.15, 0.2) is 55.3 Å². The minimum Gasteiger partial charge on any atom is -0.383 e. The van der Waals surface area contributed by atoms with Crippen LogP contribution in [0.25, 0.3) is 0 Å². The van der Waals surface area contributed by atoms with E-state index in [-0.39, 0.29) is 0 Å². The van der Waals surface area contributed by atoms with Crippen LogP contribution in [0.3, 0.4) is 0 Å². The van der Waals surface area contributed by atoms with Crippen LogP contribution in [-0.2, 0) is 24.0 Å². The molecule has 1 aromatic heterocycles. The highest BCUT2D eigenvalue weighted by Gasteiger charge is 2.30. The molecule has 0 aliphatic carbocycles. The van der Waals surface area contributed by atoms with Gasteiger partial charge in [-0.05, 0) is 29.8 Å². The molecule has 136 valence electrons. The van der Waals surface area contributed by atoms with E-state index in [1.807, 2.05) is 29.0 Å². The van der Waals surface area contributed by atoms with Gasteiger partial charge in [0.1, 0.15) is 0 Å². The van der Waals surface area contributed by atoms with Crippen molar-refractivity contribution >= 4 is 0 Å². The van der Waals surface area contributed by atoms with Crippen molar-refractivity contribution in [2.45, 2.75) is 19.3 Å². The van der Waals surface area contributed by atoms with Gasteiger partial charge < -0.3 is 9.30 Å². The molecule has 0 N–H and O–H groups in total. The summed E-state index contributed by atoms with van der Waals surface area (Å²) in [6.45, 7) is 6.94. The maximum atomic E-state index is 12.9. The number of ether oxygens (including phenoxy) is 1. The van der Waals surface area contributed by atoms with E-state index in [4.69, 9.17) is 4.74 Å². The molecule has 1 heterocycles. The molecule has 1 aromatic carbocycles. The number of alkyl halides is 3. The third-order valence-corrected chi connectivity index (χ3v) is 3.92. The molecular formula is C19H23F3N2O. The Morgan fingerprint density at radius 3 is 2.72 bits per heavy atom. The summed E-state index contributed by atoms with van der Waals surface area (Å²) >= 11 is 0. The van der Waals surface area contributed by atoms with Crippen molar-refractivity contribution in [3.05, 3.63) is 72.1 Å². The molecule has 0 spiro atoms. The molecule has 2 rings (SSSR count). The van der Waals surface area contributed by atoms with Crippen molar-refractivity contribution < 1.29 is 17.9 Å². The average Bonchev–Trinajstić information content (AvgIpc) is 2.99. The predicted octanol–water partition coefficient (Wildman–Crippen LogP) is 4.19. The first-order chi connectivity index (χ1) is 11.9. The lowest BCUT2D eigenvalue weighted by atomic mass is 10.1. The van der Waals surface area contributed by atoms with E-state index in [2.05, 4.69) is 11.5 Å². The van der Waals surface area contributed by atoms with E-state index < -0.39 is 11.7 Å². The minimum atomic E-state index is -4.32. The molecule has 3 nitrogen and oxygen atoms in total. The zero-order valence-corrected chi connectivity index (χ0v) is 14.3. The highest BCUT2D eigenvalue weighted by atomic mass is 19.4. The van der Waals surface area contributed by atoms with Crippen LogP contribution >= 0.6 is 0 Å². The molecule has 0 saturated heterocycles. The zero-order chi connectivity index (χ0) is 18.3. The maximum Gasteiger partial charge on any atom is 0.416 e. The third-order valence-electron chi connectivity index (χ3n) is 3.92. The standard InChI is InChI=1S/C19H23F3N2O/c1-3-9-23(11-12-25-2)15-18-8-5-10-24(18)14-16-6-4-7-17(13-16)19(20,21)22/h3-8,10,13H,1,9,11-12,14-15H2,2H3. The van der Waals surface area contributed by atoms with Gasteiger partial charge in [0, 0.05) is 45.2 Å². The number of rotatable bonds is 9. The molecule has 0 radical (unpaired) electrons. The summed E-state index contributed by atoms with van der Waals surface area (Å²) in [4.78, 5) is 2.18. The molecule has 25 heavy (non-hydrogen) atoms. The number of methoxy groups -OCH3 is 1. The van der Waals surface area contributed by atoms with Gasteiger partial charge in [-0.25, -0.2) is 0 Å². The number of nitrogens with zero attached hydrogens (tertiary/aromatic N) is 2. The van der Waals surface area contributed by atoms with Crippen LogP contribution in [0.5, 0.6) is 0 Å². The highest BCUT2D eigenvalue weighted by Crippen LogP contribution is 2.29. The Balaban J connectivity index is 2.12. The molecule has 0 fully saturated rings. The van der Waals surface area contributed by atoms with Gasteiger partial charge in [0.2, 0.25) is 0 Å². The van der Waals surface area contributed by atoms with Crippen molar-refractivity contribution in [1.82, 2.24) is 9.47 Å². The second-order valence-corrected chi connectivity index (χ2v) is 5.84. The summed E-state index contributed by atoms with van der Waals surface area (Å²) in [6, 6.07) is 9.35. The second-order valence-electron chi connectivity index (χ2n) is 5.84. The number of hydrogen-bond donors (Lipinski definition) is 0. The fourth-order valence-corrected chi connectivity index (χ4v) is 2.66. The smallest absolute Gasteiger partial charge is 0.383 e. The van der Waals surface area contributed by atoms with E-state index in [9.17, 15) is 13.2 Å². The van der Waals surface area contributed by atoms with Gasteiger partial charge in [0.15, 0.2) is 0 Å². The highest BCUT2D eigenvalue weighted by molar-refractivity contribution is 5.26. The Hall–Kier alpha value is -2.05. The molecular weight excluding hydrogens is 329 g/mol. The first kappa shape index (κ1) is 19.3. The van der Waals surface area contributed by atoms with E-state index in [0.717, 1.165) is 24.8 Å². The molecule has 0 atom stereocenters. The van der Waals surface area contributed by atoms with Gasteiger partial charge in [-0.2, -0.15) is 13.2 Å². The third kappa shape index (κ3) is 5.76. The van der Waals surface area contributed by atoms with Crippen molar-refractivity contribution in [1.29, 1.82) is 0 Å². The maximum absolute atomic E-state index is 12.9. The lowest BCUT2D eigenvalue weighted by Gasteiger charge is -2.21. The Morgan fingerprint density at radius 2 is 2.04 bits per heavy atom. The molecule has 2 aromatic rings. The van der Waals surface area contributed by atoms with Crippen LogP contribution < -0.4 is 0 Å². The van der Waals surface area contributed by atoms with E-state index >= 15 is 0 Å². The van der Waals surface area contributed by atoms with Crippen molar-refractivity contribution in [2.75, 3.05) is 26.8 Å². The molecule has 0 unspecified atom stereocenters. The monoisotopic (exact) mass is 352 g/mol. The molecule has 0 amide bonds.